The molecule has 1 amide bonds. The monoisotopic (exact) mass is 359 g/mol. The van der Waals surface area contributed by atoms with E-state index in [9.17, 15) is 4.79 Å². The minimum absolute atomic E-state index is 0.117. The van der Waals surface area contributed by atoms with Gasteiger partial charge < -0.3 is 5.32 Å². The van der Waals surface area contributed by atoms with Gasteiger partial charge in [0, 0.05) is 17.6 Å². The van der Waals surface area contributed by atoms with Crippen molar-refractivity contribution in [2.24, 2.45) is 0 Å². The molecule has 2 aromatic carbocycles. The Labute approximate surface area is 157 Å². The second-order valence-electron chi connectivity index (χ2n) is 6.73. The van der Waals surface area contributed by atoms with E-state index in [-0.39, 0.29) is 5.91 Å². The molecule has 136 valence electrons. The molecule has 6 nitrogen and oxygen atoms in total. The van der Waals surface area contributed by atoms with E-state index in [1.165, 1.54) is 0 Å². The molecule has 0 atom stereocenters. The molecule has 2 aromatic heterocycles. The van der Waals surface area contributed by atoms with Gasteiger partial charge in [0.1, 0.15) is 0 Å². The van der Waals surface area contributed by atoms with Gasteiger partial charge in [-0.3, -0.25) is 14.6 Å². The molecule has 2 N–H and O–H groups in total. The van der Waals surface area contributed by atoms with Gasteiger partial charge >= 0.3 is 0 Å². The van der Waals surface area contributed by atoms with Crippen molar-refractivity contribution in [1.29, 1.82) is 0 Å². The molecule has 0 saturated heterocycles. The number of benzene rings is 2. The van der Waals surface area contributed by atoms with E-state index < -0.39 is 0 Å². The Balaban J connectivity index is 1.46. The maximum absolute atomic E-state index is 12.6. The van der Waals surface area contributed by atoms with Crippen LogP contribution < -0.4 is 5.32 Å². The van der Waals surface area contributed by atoms with Crippen molar-refractivity contribution in [2.75, 3.05) is 0 Å². The van der Waals surface area contributed by atoms with Gasteiger partial charge in [-0.2, -0.15) is 10.2 Å². The summed E-state index contributed by atoms with van der Waals surface area (Å²) < 4.78 is 1.99. The van der Waals surface area contributed by atoms with Crippen LogP contribution in [0.5, 0.6) is 0 Å². The van der Waals surface area contributed by atoms with Crippen molar-refractivity contribution < 1.29 is 4.79 Å². The number of aromatic amines is 1. The molecule has 4 rings (SSSR count). The topological polar surface area (TPSA) is 75.6 Å². The smallest absolute Gasteiger partial charge is 0.253 e. The van der Waals surface area contributed by atoms with Gasteiger partial charge in [0.05, 0.1) is 29.5 Å². The average molecular weight is 359 g/mol. The SMILES string of the molecule is Cc1cc(C)n(Cc2cccc(CNC(=O)c3cccc4cn[nH]c34)c2)n1. The predicted octanol–water partition coefficient (Wildman–Crippen LogP) is 3.35. The van der Waals surface area contributed by atoms with E-state index in [0.29, 0.717) is 12.1 Å². The molecule has 0 radical (unpaired) electrons. The number of H-pyrrole nitrogens is 1. The Morgan fingerprint density at radius 2 is 1.93 bits per heavy atom. The van der Waals surface area contributed by atoms with Crippen LogP contribution in [-0.4, -0.2) is 25.9 Å². The Bertz CT molecular complexity index is 1110. The molecule has 4 aromatic rings. The van der Waals surface area contributed by atoms with Crippen LogP contribution in [0.4, 0.5) is 0 Å². The van der Waals surface area contributed by atoms with E-state index in [0.717, 1.165) is 40.0 Å². The lowest BCUT2D eigenvalue weighted by molar-refractivity contribution is 0.0952. The Morgan fingerprint density at radius 1 is 1.11 bits per heavy atom. The zero-order valence-corrected chi connectivity index (χ0v) is 15.4. The van der Waals surface area contributed by atoms with E-state index in [4.69, 9.17) is 0 Å². The first-order valence-electron chi connectivity index (χ1n) is 8.89. The summed E-state index contributed by atoms with van der Waals surface area (Å²) in [4.78, 5) is 12.6. The first kappa shape index (κ1) is 17.0. The minimum Gasteiger partial charge on any atom is -0.348 e. The summed E-state index contributed by atoms with van der Waals surface area (Å²) in [6.07, 6.45) is 1.72. The molecule has 0 aliphatic carbocycles. The molecule has 0 aliphatic rings. The predicted molar refractivity (Wildman–Crippen MR) is 105 cm³/mol. The fraction of sp³-hybridized carbons (Fsp3) is 0.190. The van der Waals surface area contributed by atoms with E-state index in [2.05, 4.69) is 45.7 Å². The van der Waals surface area contributed by atoms with Gasteiger partial charge in [0.15, 0.2) is 0 Å². The number of fused-ring (bicyclic) bond motifs is 1. The number of carbonyl (C=O) groups is 1. The van der Waals surface area contributed by atoms with Crippen molar-refractivity contribution in [2.45, 2.75) is 26.9 Å². The number of hydrogen-bond acceptors (Lipinski definition) is 3. The highest BCUT2D eigenvalue weighted by atomic mass is 16.1. The van der Waals surface area contributed by atoms with Crippen LogP contribution in [0.3, 0.4) is 0 Å². The van der Waals surface area contributed by atoms with Crippen LogP contribution in [0.1, 0.15) is 32.9 Å². The highest BCUT2D eigenvalue weighted by Gasteiger charge is 2.11. The van der Waals surface area contributed by atoms with Gasteiger partial charge in [-0.05, 0) is 37.1 Å². The average Bonchev–Trinajstić information content (AvgIpc) is 3.26. The van der Waals surface area contributed by atoms with Crippen LogP contribution in [0, 0.1) is 13.8 Å². The summed E-state index contributed by atoms with van der Waals surface area (Å²) in [5.74, 6) is -0.117. The van der Waals surface area contributed by atoms with Crippen LogP contribution in [-0.2, 0) is 13.1 Å². The highest BCUT2D eigenvalue weighted by molar-refractivity contribution is 6.05. The second-order valence-corrected chi connectivity index (χ2v) is 6.73. The second kappa shape index (κ2) is 7.07. The normalized spacial score (nSPS) is 11.0. The van der Waals surface area contributed by atoms with Gasteiger partial charge in [0.25, 0.3) is 5.91 Å². The lowest BCUT2D eigenvalue weighted by atomic mass is 10.1. The van der Waals surface area contributed by atoms with Crippen molar-refractivity contribution >= 4 is 16.8 Å². The largest absolute Gasteiger partial charge is 0.348 e. The fourth-order valence-electron chi connectivity index (χ4n) is 3.28. The Hall–Kier alpha value is -3.41. The molecule has 0 saturated carbocycles. The van der Waals surface area contributed by atoms with E-state index >= 15 is 0 Å². The minimum atomic E-state index is -0.117. The lowest BCUT2D eigenvalue weighted by Gasteiger charge is -2.09. The van der Waals surface area contributed by atoms with Crippen molar-refractivity contribution in [3.05, 3.63) is 82.8 Å². The highest BCUT2D eigenvalue weighted by Crippen LogP contribution is 2.16. The summed E-state index contributed by atoms with van der Waals surface area (Å²) in [7, 11) is 0. The summed E-state index contributed by atoms with van der Waals surface area (Å²) >= 11 is 0. The zero-order chi connectivity index (χ0) is 18.8. The van der Waals surface area contributed by atoms with Gasteiger partial charge in [-0.15, -0.1) is 0 Å². The third-order valence-electron chi connectivity index (χ3n) is 4.60. The molecule has 27 heavy (non-hydrogen) atoms. The number of aromatic nitrogens is 4. The van der Waals surface area contributed by atoms with Gasteiger partial charge in [-0.1, -0.05) is 36.4 Å². The summed E-state index contributed by atoms with van der Waals surface area (Å²) in [6.45, 7) is 5.24. The van der Waals surface area contributed by atoms with Crippen molar-refractivity contribution in [3.8, 4) is 0 Å². The number of nitrogens with one attached hydrogen (secondary N) is 2. The number of amides is 1. The molecular formula is C21H21N5O. The van der Waals surface area contributed by atoms with Gasteiger partial charge in [-0.25, -0.2) is 0 Å². The zero-order valence-electron chi connectivity index (χ0n) is 15.4. The summed E-state index contributed by atoms with van der Waals surface area (Å²) in [5, 5.41) is 15.3. The Kier molecular flexibility index (Phi) is 4.46. The third kappa shape index (κ3) is 3.60. The number of carbonyl (C=O) groups excluding carboxylic acids is 1. The number of rotatable bonds is 5. The maximum atomic E-state index is 12.6. The molecular weight excluding hydrogens is 338 g/mol. The number of hydrogen-bond donors (Lipinski definition) is 2. The van der Waals surface area contributed by atoms with Gasteiger partial charge in [0.2, 0.25) is 0 Å². The number of nitrogens with zero attached hydrogens (tertiary/aromatic N) is 3. The molecule has 2 heterocycles. The van der Waals surface area contributed by atoms with E-state index in [1.54, 1.807) is 12.3 Å². The number of para-hydroxylation sites is 1. The van der Waals surface area contributed by atoms with E-state index in [1.807, 2.05) is 35.9 Å². The Morgan fingerprint density at radius 3 is 2.74 bits per heavy atom. The quantitative estimate of drug-likeness (QED) is 0.574. The van der Waals surface area contributed by atoms with Crippen LogP contribution in [0.15, 0.2) is 54.7 Å². The molecule has 0 aliphatic heterocycles. The first-order chi connectivity index (χ1) is 13.1. The van der Waals surface area contributed by atoms with Crippen LogP contribution in [0.2, 0.25) is 0 Å². The standard InChI is InChI=1S/C21H21N5O/c1-14-9-15(2)26(25-14)13-17-6-3-5-16(10-17)11-22-21(27)19-8-4-7-18-12-23-24-20(18)19/h3-10,12H,11,13H2,1-2H3,(H,22,27)(H,23,24). The van der Waals surface area contributed by atoms with Crippen LogP contribution in [0.25, 0.3) is 10.9 Å². The van der Waals surface area contributed by atoms with Crippen molar-refractivity contribution in [3.63, 3.8) is 0 Å². The molecule has 6 heteroatoms. The third-order valence-corrected chi connectivity index (χ3v) is 4.60. The fourth-order valence-corrected chi connectivity index (χ4v) is 3.28. The van der Waals surface area contributed by atoms with Crippen molar-refractivity contribution in [1.82, 2.24) is 25.3 Å². The molecule has 0 spiro atoms. The van der Waals surface area contributed by atoms with Crippen LogP contribution >= 0.6 is 0 Å². The molecule has 0 bridgehead atoms. The summed E-state index contributed by atoms with van der Waals surface area (Å²) in [6, 6.07) is 15.9. The molecule has 0 unspecified atom stereocenters. The molecule has 0 fully saturated rings. The maximum Gasteiger partial charge on any atom is 0.253 e. The lowest BCUT2D eigenvalue weighted by Crippen LogP contribution is -2.23. The summed E-state index contributed by atoms with van der Waals surface area (Å²) in [5.41, 5.74) is 5.72. The first-order valence-corrected chi connectivity index (χ1v) is 8.89. The number of aryl methyl sites for hydroxylation is 2.